The molecule has 4 heterocycles. The number of esters is 3. The van der Waals surface area contributed by atoms with Crippen LogP contribution in [0.4, 0.5) is 11.4 Å². The number of rotatable bonds is 21. The maximum atomic E-state index is 13.0. The third-order valence-corrected chi connectivity index (χ3v) is 21.5. The van der Waals surface area contributed by atoms with Crippen LogP contribution in [0.5, 0.6) is 11.5 Å². The highest BCUT2D eigenvalue weighted by molar-refractivity contribution is 9.11. The standard InChI is InChI=1S/C28H30BrClN2O7S2.C26H26BrClN2O7S2/c1-3-38-23(33)16-39-25-24(29)26(40-27(25)28(34)37-2)18-8-6-9-21(15-18)31-20-11-13-32(14-12-20)41(35,36)17-19-7-4-5-10-22(19)30;1-36-21(31)14-37-23-22(27)24(38-25(23)26(32)33)16-6-4-7-19(13-16)29-18-9-11-30(12-10-18)39(34,35)15-17-5-2-3-8-20(17)28/h4-10,15,20,31H,3,11-14,16-17H2,1-2H3;2-8,13,18,29H,9-12,14-15H2,1H3,(H,32,33). The molecule has 2 saturated heterocycles. The van der Waals surface area contributed by atoms with Crippen molar-refractivity contribution in [3.8, 4) is 32.4 Å². The van der Waals surface area contributed by atoms with E-state index in [-0.39, 0.29) is 58.1 Å². The lowest BCUT2D eigenvalue weighted by Crippen LogP contribution is -2.42. The van der Waals surface area contributed by atoms with Crippen molar-refractivity contribution < 1.29 is 64.8 Å². The van der Waals surface area contributed by atoms with E-state index in [0.29, 0.717) is 86.9 Å². The molecule has 0 saturated carbocycles. The Kier molecular flexibility index (Phi) is 22.3. The Balaban J connectivity index is 0.000000231. The average molecular weight is 1340 g/mol. The van der Waals surface area contributed by atoms with Gasteiger partial charge in [0.1, 0.15) is 0 Å². The second-order valence-corrected chi connectivity index (χ2v) is 26.4. The molecule has 26 heteroatoms. The maximum absolute atomic E-state index is 13.0. The summed E-state index contributed by atoms with van der Waals surface area (Å²) in [6.07, 6.45) is 2.55. The Labute approximate surface area is 499 Å². The van der Waals surface area contributed by atoms with E-state index >= 15 is 0 Å². The second kappa shape index (κ2) is 28.6. The lowest BCUT2D eigenvalue weighted by molar-refractivity contribution is -0.145. The minimum Gasteiger partial charge on any atom is -0.479 e. The summed E-state index contributed by atoms with van der Waals surface area (Å²) >= 11 is 21.5. The van der Waals surface area contributed by atoms with Crippen molar-refractivity contribution in [2.75, 3.05) is 70.9 Å². The smallest absolute Gasteiger partial charge is 0.351 e. The molecule has 6 aromatic rings. The van der Waals surface area contributed by atoms with Crippen molar-refractivity contribution in [3.63, 3.8) is 0 Å². The highest BCUT2D eigenvalue weighted by Crippen LogP contribution is 2.48. The van der Waals surface area contributed by atoms with Gasteiger partial charge in [0.2, 0.25) is 20.0 Å². The van der Waals surface area contributed by atoms with Crippen LogP contribution in [-0.4, -0.2) is 127 Å². The Morgan fingerprint density at radius 1 is 0.625 bits per heavy atom. The maximum Gasteiger partial charge on any atom is 0.351 e. The lowest BCUT2D eigenvalue weighted by atomic mass is 10.1. The van der Waals surface area contributed by atoms with E-state index in [2.05, 4.69) is 47.2 Å². The van der Waals surface area contributed by atoms with Crippen LogP contribution in [0.25, 0.3) is 20.9 Å². The van der Waals surface area contributed by atoms with Gasteiger partial charge in [-0.15, -0.1) is 22.7 Å². The SMILES string of the molecule is CCOC(=O)COc1c(C(=O)OC)sc(-c2cccc(NC3CCN(S(=O)(=O)Cc4ccccc4Cl)CC3)c2)c1Br.COC(=O)COc1c(C(=O)O)sc(-c2cccc(NC3CCN(S(=O)(=O)Cc4ccccc4Cl)CC3)c2)c1Br. The molecule has 2 aliphatic heterocycles. The number of hydrogen-bond donors (Lipinski definition) is 3. The molecule has 0 spiro atoms. The fraction of sp³-hybridized carbons (Fsp3) is 0.333. The quantitative estimate of drug-likeness (QED) is 0.0449. The molecule has 0 unspecified atom stereocenters. The van der Waals surface area contributed by atoms with Gasteiger partial charge in [0.15, 0.2) is 34.5 Å². The first-order valence-corrected chi connectivity index (χ1v) is 32.0. The van der Waals surface area contributed by atoms with Crippen LogP contribution in [0, 0.1) is 0 Å². The third-order valence-electron chi connectivity index (χ3n) is 12.7. The predicted molar refractivity (Wildman–Crippen MR) is 317 cm³/mol. The Hall–Kier alpha value is -5.28. The van der Waals surface area contributed by atoms with Gasteiger partial charge in [-0.1, -0.05) is 83.9 Å². The van der Waals surface area contributed by atoms with E-state index in [1.807, 2.05) is 48.5 Å². The monoisotopic (exact) mass is 1340 g/mol. The molecule has 0 bridgehead atoms. The van der Waals surface area contributed by atoms with E-state index in [9.17, 15) is 41.1 Å². The first-order valence-electron chi connectivity index (χ1n) is 24.8. The van der Waals surface area contributed by atoms with Gasteiger partial charge in [0.25, 0.3) is 0 Å². The molecule has 2 fully saturated rings. The van der Waals surface area contributed by atoms with Crippen LogP contribution < -0.4 is 20.1 Å². The molecule has 80 heavy (non-hydrogen) atoms. The number of anilines is 2. The number of nitrogens with zero attached hydrogens (tertiary/aromatic N) is 2. The number of piperidine rings is 2. The molecule has 2 aromatic heterocycles. The zero-order valence-corrected chi connectivity index (χ0v) is 51.3. The number of hydrogen-bond acceptors (Lipinski definition) is 17. The number of carbonyl (C=O) groups excluding carboxylic acids is 3. The molecular formula is C54H56Br2Cl2N4O14S4. The number of sulfonamides is 2. The largest absolute Gasteiger partial charge is 0.479 e. The first-order chi connectivity index (χ1) is 38.2. The number of halogens is 4. The van der Waals surface area contributed by atoms with Crippen molar-refractivity contribution >= 4 is 133 Å². The van der Waals surface area contributed by atoms with Crippen molar-refractivity contribution in [2.45, 2.75) is 56.2 Å². The van der Waals surface area contributed by atoms with Crippen LogP contribution in [0.2, 0.25) is 10.0 Å². The van der Waals surface area contributed by atoms with Crippen LogP contribution in [0.3, 0.4) is 0 Å². The van der Waals surface area contributed by atoms with Crippen molar-refractivity contribution in [1.82, 2.24) is 8.61 Å². The van der Waals surface area contributed by atoms with Crippen LogP contribution in [0.1, 0.15) is 63.1 Å². The molecule has 0 radical (unpaired) electrons. The van der Waals surface area contributed by atoms with Crippen molar-refractivity contribution in [3.05, 3.63) is 137 Å². The molecule has 2 aliphatic rings. The number of aromatic carboxylic acids is 1. The zero-order chi connectivity index (χ0) is 57.7. The number of methoxy groups -OCH3 is 2. The summed E-state index contributed by atoms with van der Waals surface area (Å²) in [7, 11) is -4.48. The highest BCUT2D eigenvalue weighted by Gasteiger charge is 2.32. The van der Waals surface area contributed by atoms with E-state index in [4.69, 9.17) is 42.1 Å². The molecular weight excluding hydrogens is 1290 g/mol. The van der Waals surface area contributed by atoms with E-state index in [1.54, 1.807) is 55.5 Å². The van der Waals surface area contributed by atoms with Gasteiger partial charge in [-0.3, -0.25) is 0 Å². The molecule has 3 N–H and O–H groups in total. The molecule has 0 aliphatic carbocycles. The van der Waals surface area contributed by atoms with E-state index in [0.717, 1.165) is 38.7 Å². The minimum absolute atomic E-state index is 0.0375. The van der Waals surface area contributed by atoms with Crippen molar-refractivity contribution in [1.29, 1.82) is 0 Å². The Bertz CT molecular complexity index is 3420. The molecule has 0 amide bonds. The summed E-state index contributed by atoms with van der Waals surface area (Å²) in [5.74, 6) is -2.89. The van der Waals surface area contributed by atoms with Gasteiger partial charge in [-0.05, 0) is 123 Å². The number of ether oxygens (including phenoxy) is 5. The number of benzene rings is 4. The predicted octanol–water partition coefficient (Wildman–Crippen LogP) is 11.5. The van der Waals surface area contributed by atoms with Gasteiger partial charge in [0.05, 0.1) is 51.0 Å². The van der Waals surface area contributed by atoms with Gasteiger partial charge < -0.3 is 39.4 Å². The Morgan fingerprint density at radius 3 is 1.46 bits per heavy atom. The number of carboxylic acids is 1. The summed E-state index contributed by atoms with van der Waals surface area (Å²) in [6, 6.07) is 29.3. The fourth-order valence-electron chi connectivity index (χ4n) is 8.65. The molecule has 4 aromatic carbocycles. The Morgan fingerprint density at radius 2 is 1.05 bits per heavy atom. The lowest BCUT2D eigenvalue weighted by Gasteiger charge is -2.32. The van der Waals surface area contributed by atoms with Gasteiger partial charge in [-0.2, -0.15) is 0 Å². The third kappa shape index (κ3) is 16.2. The second-order valence-electron chi connectivity index (χ2n) is 18.1. The van der Waals surface area contributed by atoms with Crippen molar-refractivity contribution in [2.24, 2.45) is 0 Å². The number of carbonyl (C=O) groups is 4. The van der Waals surface area contributed by atoms with E-state index in [1.165, 1.54) is 34.2 Å². The number of carboxylic acid groups (broad SMARTS) is 1. The van der Waals surface area contributed by atoms with Crippen LogP contribution in [-0.2, 0) is 55.4 Å². The molecule has 8 rings (SSSR count). The summed E-state index contributed by atoms with van der Waals surface area (Å²) < 4.78 is 81.4. The van der Waals surface area contributed by atoms with Gasteiger partial charge >= 0.3 is 23.9 Å². The summed E-state index contributed by atoms with van der Waals surface area (Å²) in [6.45, 7) is 2.76. The number of nitrogens with one attached hydrogen (secondary N) is 2. The minimum atomic E-state index is -3.49. The van der Waals surface area contributed by atoms with E-state index < -0.39 is 50.5 Å². The summed E-state index contributed by atoms with van der Waals surface area (Å²) in [4.78, 5) is 49.1. The molecule has 18 nitrogen and oxygen atoms in total. The van der Waals surface area contributed by atoms with Crippen LogP contribution in [0.15, 0.2) is 106 Å². The summed E-state index contributed by atoms with van der Waals surface area (Å²) in [5, 5.41) is 17.5. The molecule has 0 atom stereocenters. The van der Waals surface area contributed by atoms with Crippen LogP contribution >= 0.6 is 77.7 Å². The summed E-state index contributed by atoms with van der Waals surface area (Å²) in [5.41, 5.74) is 4.43. The topological polar surface area (TPSA) is 233 Å². The zero-order valence-electron chi connectivity index (χ0n) is 43.4. The normalized spacial score (nSPS) is 14.5. The van der Waals surface area contributed by atoms with Gasteiger partial charge in [0, 0.05) is 59.7 Å². The molecule has 428 valence electrons. The van der Waals surface area contributed by atoms with Gasteiger partial charge in [-0.25, -0.2) is 44.6 Å². The fourth-order valence-corrected chi connectivity index (χ4v) is 16.3. The first kappa shape index (κ1) is 62.3. The number of thiophene rings is 2. The highest BCUT2D eigenvalue weighted by atomic mass is 79.9. The average Bonchev–Trinajstić information content (AvgIpc) is 3.97.